The van der Waals surface area contributed by atoms with Gasteiger partial charge in [0, 0.05) is 27.2 Å². The van der Waals surface area contributed by atoms with Gasteiger partial charge in [-0.15, -0.1) is 11.3 Å². The molecule has 1 aliphatic carbocycles. The number of carbonyl (C=O) groups excluding carboxylic acids is 1. The highest BCUT2D eigenvalue weighted by Crippen LogP contribution is 2.46. The van der Waals surface area contributed by atoms with Gasteiger partial charge in [-0.05, 0) is 60.4 Å². The predicted molar refractivity (Wildman–Crippen MR) is 134 cm³/mol. The number of anilines is 2. The van der Waals surface area contributed by atoms with Gasteiger partial charge < -0.3 is 15.5 Å². The summed E-state index contributed by atoms with van der Waals surface area (Å²) in [7, 11) is 0. The number of nitrogens with two attached hydrogens (primary N) is 1. The van der Waals surface area contributed by atoms with E-state index in [4.69, 9.17) is 26.7 Å². The molecule has 3 aromatic heterocycles. The summed E-state index contributed by atoms with van der Waals surface area (Å²) in [6, 6.07) is 19.1. The standard InChI is InChI=1S/C26H18ClN3O2S/c27-15-8-10-16(11-9-15)29-25(31)24-22(28)21-20(19-6-3-13-32-19)18-12-7-14-4-1-2-5-17(14)23(18)30-26(21)33-24/h1-6,8-11,13H,7,12,28H2,(H,29,31). The summed E-state index contributed by atoms with van der Waals surface area (Å²) in [5.74, 6) is 0.453. The molecule has 0 saturated carbocycles. The summed E-state index contributed by atoms with van der Waals surface area (Å²) in [5, 5.41) is 4.28. The number of thiophene rings is 1. The number of furan rings is 1. The number of hydrogen-bond acceptors (Lipinski definition) is 5. The molecular weight excluding hydrogens is 454 g/mol. The van der Waals surface area contributed by atoms with Crippen LogP contribution in [0.2, 0.25) is 5.02 Å². The first kappa shape index (κ1) is 20.0. The van der Waals surface area contributed by atoms with Crippen LogP contribution in [0.25, 0.3) is 32.8 Å². The Bertz CT molecular complexity index is 1520. The zero-order chi connectivity index (χ0) is 22.5. The molecule has 7 heteroatoms. The van der Waals surface area contributed by atoms with E-state index in [2.05, 4.69) is 23.5 Å². The van der Waals surface area contributed by atoms with Crippen molar-refractivity contribution in [3.8, 4) is 22.6 Å². The van der Waals surface area contributed by atoms with E-state index in [-0.39, 0.29) is 5.91 Å². The Morgan fingerprint density at radius 3 is 2.67 bits per heavy atom. The minimum absolute atomic E-state index is 0.276. The summed E-state index contributed by atoms with van der Waals surface area (Å²) in [6.07, 6.45) is 3.40. The molecule has 3 N–H and O–H groups in total. The summed E-state index contributed by atoms with van der Waals surface area (Å²) in [5.41, 5.74) is 13.0. The molecule has 0 atom stereocenters. The van der Waals surface area contributed by atoms with Crippen molar-refractivity contribution in [1.29, 1.82) is 0 Å². The molecule has 162 valence electrons. The van der Waals surface area contributed by atoms with Crippen LogP contribution in [0.15, 0.2) is 71.3 Å². The number of rotatable bonds is 3. The van der Waals surface area contributed by atoms with Crippen LogP contribution in [-0.4, -0.2) is 10.9 Å². The minimum Gasteiger partial charge on any atom is -0.464 e. The Hall–Kier alpha value is -3.61. The van der Waals surface area contributed by atoms with Crippen LogP contribution in [0.4, 0.5) is 11.4 Å². The molecule has 33 heavy (non-hydrogen) atoms. The molecule has 1 amide bonds. The zero-order valence-corrected chi connectivity index (χ0v) is 19.0. The van der Waals surface area contributed by atoms with E-state index in [1.807, 2.05) is 18.2 Å². The molecule has 5 aromatic rings. The Balaban J connectivity index is 1.56. The maximum absolute atomic E-state index is 13.1. The van der Waals surface area contributed by atoms with E-state index in [0.29, 0.717) is 21.3 Å². The molecule has 0 spiro atoms. The molecular formula is C26H18ClN3O2S. The van der Waals surface area contributed by atoms with E-state index in [9.17, 15) is 4.79 Å². The first-order chi connectivity index (χ1) is 16.1. The van der Waals surface area contributed by atoms with Crippen molar-refractivity contribution in [3.05, 3.63) is 88.0 Å². The third kappa shape index (κ3) is 3.30. The normalized spacial score (nSPS) is 12.4. The molecule has 6 rings (SSSR count). The molecule has 0 unspecified atom stereocenters. The fraction of sp³-hybridized carbons (Fsp3) is 0.0769. The Morgan fingerprint density at radius 1 is 1.06 bits per heavy atom. The van der Waals surface area contributed by atoms with Gasteiger partial charge in [0.25, 0.3) is 5.91 Å². The molecule has 0 bridgehead atoms. The number of nitrogens with one attached hydrogen (secondary N) is 1. The van der Waals surface area contributed by atoms with Crippen molar-refractivity contribution in [2.75, 3.05) is 11.1 Å². The fourth-order valence-electron chi connectivity index (χ4n) is 4.47. The van der Waals surface area contributed by atoms with Crippen molar-refractivity contribution in [3.63, 3.8) is 0 Å². The van der Waals surface area contributed by atoms with Gasteiger partial charge >= 0.3 is 0 Å². The van der Waals surface area contributed by atoms with Crippen LogP contribution < -0.4 is 11.1 Å². The second kappa shape index (κ2) is 7.76. The van der Waals surface area contributed by atoms with E-state index in [1.54, 1.807) is 30.5 Å². The number of hydrogen-bond donors (Lipinski definition) is 2. The van der Waals surface area contributed by atoms with Crippen molar-refractivity contribution >= 4 is 50.4 Å². The van der Waals surface area contributed by atoms with Gasteiger partial charge in [0.15, 0.2) is 0 Å². The van der Waals surface area contributed by atoms with Crippen LogP contribution in [0, 0.1) is 0 Å². The van der Waals surface area contributed by atoms with Gasteiger partial charge in [-0.25, -0.2) is 4.98 Å². The van der Waals surface area contributed by atoms with E-state index >= 15 is 0 Å². The van der Waals surface area contributed by atoms with Gasteiger partial charge in [-0.3, -0.25) is 4.79 Å². The van der Waals surface area contributed by atoms with Crippen molar-refractivity contribution in [1.82, 2.24) is 4.98 Å². The maximum atomic E-state index is 13.1. The van der Waals surface area contributed by atoms with Gasteiger partial charge in [-0.2, -0.15) is 0 Å². The Morgan fingerprint density at radius 2 is 1.88 bits per heavy atom. The number of carbonyl (C=O) groups is 1. The van der Waals surface area contributed by atoms with E-state index in [0.717, 1.165) is 51.2 Å². The first-order valence-electron chi connectivity index (χ1n) is 10.5. The van der Waals surface area contributed by atoms with E-state index in [1.165, 1.54) is 16.9 Å². The number of nitrogen functional groups attached to an aromatic ring is 1. The van der Waals surface area contributed by atoms with Crippen molar-refractivity contribution < 1.29 is 9.21 Å². The quantitative estimate of drug-likeness (QED) is 0.303. The Labute approximate surface area is 198 Å². The predicted octanol–water partition coefficient (Wildman–Crippen LogP) is 6.81. The molecule has 0 aliphatic heterocycles. The smallest absolute Gasteiger partial charge is 0.267 e. The monoisotopic (exact) mass is 471 g/mol. The molecule has 1 aliphatic rings. The fourth-order valence-corrected chi connectivity index (χ4v) is 5.59. The lowest BCUT2D eigenvalue weighted by atomic mass is 9.85. The van der Waals surface area contributed by atoms with Crippen LogP contribution >= 0.6 is 22.9 Å². The highest BCUT2D eigenvalue weighted by molar-refractivity contribution is 7.21. The number of benzene rings is 2. The number of fused-ring (bicyclic) bond motifs is 4. The topological polar surface area (TPSA) is 81.2 Å². The highest BCUT2D eigenvalue weighted by atomic mass is 35.5. The molecule has 0 saturated heterocycles. The average Bonchev–Trinajstić information content (AvgIpc) is 3.47. The van der Waals surface area contributed by atoms with Gasteiger partial charge in [-0.1, -0.05) is 35.9 Å². The van der Waals surface area contributed by atoms with E-state index < -0.39 is 0 Å². The number of amides is 1. The number of nitrogens with zero attached hydrogens (tertiary/aromatic N) is 1. The third-order valence-electron chi connectivity index (χ3n) is 5.97. The second-order valence-corrected chi connectivity index (χ2v) is 9.37. The van der Waals surface area contributed by atoms with Crippen LogP contribution in [0.5, 0.6) is 0 Å². The number of pyridine rings is 1. The zero-order valence-electron chi connectivity index (χ0n) is 17.4. The summed E-state index contributed by atoms with van der Waals surface area (Å²) >= 11 is 7.26. The maximum Gasteiger partial charge on any atom is 0.267 e. The average molecular weight is 472 g/mol. The largest absolute Gasteiger partial charge is 0.464 e. The van der Waals surface area contributed by atoms with Gasteiger partial charge in [0.2, 0.25) is 0 Å². The molecule has 5 nitrogen and oxygen atoms in total. The second-order valence-electron chi connectivity index (χ2n) is 7.93. The molecule has 3 heterocycles. The lowest BCUT2D eigenvalue weighted by Crippen LogP contribution is -2.12. The van der Waals surface area contributed by atoms with Gasteiger partial charge in [0.1, 0.15) is 15.5 Å². The van der Waals surface area contributed by atoms with Crippen LogP contribution in [0.1, 0.15) is 20.8 Å². The molecule has 2 aromatic carbocycles. The first-order valence-corrected chi connectivity index (χ1v) is 11.7. The molecule has 0 radical (unpaired) electrons. The summed E-state index contributed by atoms with van der Waals surface area (Å²) in [4.78, 5) is 19.3. The number of aromatic nitrogens is 1. The Kier molecular flexibility index (Phi) is 4.71. The SMILES string of the molecule is Nc1c(C(=O)Nc2ccc(Cl)cc2)sc2nc3c(c(-c4ccco4)c12)CCc1ccccc1-3. The number of halogens is 1. The summed E-state index contributed by atoms with van der Waals surface area (Å²) < 4.78 is 5.82. The number of aryl methyl sites for hydroxylation is 1. The van der Waals surface area contributed by atoms with Gasteiger partial charge in [0.05, 0.1) is 17.6 Å². The lowest BCUT2D eigenvalue weighted by molar-refractivity contribution is 0.103. The third-order valence-corrected chi connectivity index (χ3v) is 7.32. The van der Waals surface area contributed by atoms with Crippen molar-refractivity contribution in [2.45, 2.75) is 12.8 Å². The van der Waals surface area contributed by atoms with Crippen LogP contribution in [-0.2, 0) is 12.8 Å². The van der Waals surface area contributed by atoms with Crippen LogP contribution in [0.3, 0.4) is 0 Å². The molecule has 0 fully saturated rings. The highest BCUT2D eigenvalue weighted by Gasteiger charge is 2.28. The van der Waals surface area contributed by atoms with Crippen molar-refractivity contribution in [2.24, 2.45) is 0 Å². The summed E-state index contributed by atoms with van der Waals surface area (Å²) in [6.45, 7) is 0. The lowest BCUT2D eigenvalue weighted by Gasteiger charge is -2.21. The minimum atomic E-state index is -0.276.